The highest BCUT2D eigenvalue weighted by Crippen LogP contribution is 2.10. The normalized spacial score (nSPS) is 11.6. The van der Waals surface area contributed by atoms with Crippen LogP contribution in [0, 0.1) is 11.3 Å². The molecule has 0 bridgehead atoms. The van der Waals surface area contributed by atoms with Crippen LogP contribution in [0.1, 0.15) is 30.1 Å². The van der Waals surface area contributed by atoms with Gasteiger partial charge in [-0.15, -0.1) is 0 Å². The fraction of sp³-hybridized carbons (Fsp3) is 0.364. The van der Waals surface area contributed by atoms with E-state index in [1.54, 1.807) is 12.3 Å². The Morgan fingerprint density at radius 1 is 1.69 bits per heavy atom. The number of halogens is 1. The molecule has 5 heteroatoms. The van der Waals surface area contributed by atoms with Crippen molar-refractivity contribution in [3.63, 3.8) is 0 Å². The van der Waals surface area contributed by atoms with E-state index < -0.39 is 0 Å². The predicted molar refractivity (Wildman–Crippen MR) is 63.7 cm³/mol. The highest BCUT2D eigenvalue weighted by Gasteiger charge is 2.12. The van der Waals surface area contributed by atoms with Gasteiger partial charge in [-0.3, -0.25) is 9.78 Å². The molecule has 1 aromatic rings. The van der Waals surface area contributed by atoms with Crippen molar-refractivity contribution < 1.29 is 4.79 Å². The molecule has 1 atom stereocenters. The fourth-order valence-electron chi connectivity index (χ4n) is 1.21. The van der Waals surface area contributed by atoms with Gasteiger partial charge in [0.1, 0.15) is 0 Å². The Morgan fingerprint density at radius 2 is 2.44 bits per heavy atom. The zero-order chi connectivity index (χ0) is 12.0. The van der Waals surface area contributed by atoms with Crippen LogP contribution in [-0.4, -0.2) is 16.9 Å². The Bertz CT molecular complexity index is 414. The van der Waals surface area contributed by atoms with E-state index in [0.29, 0.717) is 12.0 Å². The Hall–Kier alpha value is -1.41. The number of hydrogen-bond acceptors (Lipinski definition) is 3. The van der Waals surface area contributed by atoms with Crippen LogP contribution in [0.5, 0.6) is 0 Å². The van der Waals surface area contributed by atoms with Gasteiger partial charge in [0.15, 0.2) is 0 Å². The number of aromatic nitrogens is 1. The van der Waals surface area contributed by atoms with Crippen molar-refractivity contribution in [3.8, 4) is 6.07 Å². The lowest BCUT2D eigenvalue weighted by Gasteiger charge is -2.13. The molecule has 0 saturated carbocycles. The Morgan fingerprint density at radius 3 is 3.00 bits per heavy atom. The first kappa shape index (κ1) is 12.7. The van der Waals surface area contributed by atoms with E-state index in [9.17, 15) is 4.79 Å². The SMILES string of the molecule is CCC(CC#N)NC(=O)c1cncc(Br)c1. The Labute approximate surface area is 103 Å². The molecular weight excluding hydrogens is 270 g/mol. The van der Waals surface area contributed by atoms with E-state index >= 15 is 0 Å². The molecule has 84 valence electrons. The number of nitriles is 1. The van der Waals surface area contributed by atoms with Crippen molar-refractivity contribution in [2.75, 3.05) is 0 Å². The van der Waals surface area contributed by atoms with E-state index in [0.717, 1.165) is 10.9 Å². The van der Waals surface area contributed by atoms with Crippen LogP contribution >= 0.6 is 15.9 Å². The summed E-state index contributed by atoms with van der Waals surface area (Å²) in [5, 5.41) is 11.4. The zero-order valence-corrected chi connectivity index (χ0v) is 10.5. The molecule has 1 N–H and O–H groups in total. The first-order valence-electron chi connectivity index (χ1n) is 4.95. The van der Waals surface area contributed by atoms with Gasteiger partial charge < -0.3 is 5.32 Å². The third-order valence-electron chi connectivity index (χ3n) is 2.13. The summed E-state index contributed by atoms with van der Waals surface area (Å²) < 4.78 is 0.758. The van der Waals surface area contributed by atoms with E-state index in [-0.39, 0.29) is 11.9 Å². The minimum atomic E-state index is -0.198. The second-order valence-corrected chi connectivity index (χ2v) is 4.25. The number of rotatable bonds is 4. The first-order chi connectivity index (χ1) is 7.67. The summed E-state index contributed by atoms with van der Waals surface area (Å²) in [7, 11) is 0. The quantitative estimate of drug-likeness (QED) is 0.921. The van der Waals surface area contributed by atoms with Gasteiger partial charge in [0.25, 0.3) is 5.91 Å². The summed E-state index contributed by atoms with van der Waals surface area (Å²) in [5.74, 6) is -0.198. The third kappa shape index (κ3) is 3.63. The van der Waals surface area contributed by atoms with E-state index in [2.05, 4.69) is 26.2 Å². The van der Waals surface area contributed by atoms with Gasteiger partial charge >= 0.3 is 0 Å². The minimum absolute atomic E-state index is 0.100. The average molecular weight is 282 g/mol. The average Bonchev–Trinajstić information content (AvgIpc) is 2.28. The topological polar surface area (TPSA) is 65.8 Å². The highest BCUT2D eigenvalue weighted by molar-refractivity contribution is 9.10. The van der Waals surface area contributed by atoms with Gasteiger partial charge in [-0.2, -0.15) is 5.26 Å². The number of hydrogen-bond donors (Lipinski definition) is 1. The van der Waals surface area contributed by atoms with Crippen LogP contribution < -0.4 is 5.32 Å². The molecule has 0 saturated heterocycles. The van der Waals surface area contributed by atoms with Crippen LogP contribution in [0.3, 0.4) is 0 Å². The van der Waals surface area contributed by atoms with Crippen molar-refractivity contribution >= 4 is 21.8 Å². The molecule has 0 aromatic carbocycles. The maximum Gasteiger partial charge on any atom is 0.253 e. The molecule has 0 spiro atoms. The van der Waals surface area contributed by atoms with Crippen LogP contribution in [0.2, 0.25) is 0 Å². The lowest BCUT2D eigenvalue weighted by Crippen LogP contribution is -2.34. The molecule has 4 nitrogen and oxygen atoms in total. The molecule has 1 amide bonds. The number of carbonyl (C=O) groups excluding carboxylic acids is 1. The standard InChI is InChI=1S/C11H12BrN3O/c1-2-10(3-4-13)15-11(16)8-5-9(12)7-14-6-8/h5-7,10H,2-3H2,1H3,(H,15,16). The van der Waals surface area contributed by atoms with Crippen molar-refractivity contribution in [3.05, 3.63) is 28.5 Å². The van der Waals surface area contributed by atoms with E-state index in [1.807, 2.05) is 13.0 Å². The molecule has 0 aliphatic heterocycles. The summed E-state index contributed by atoms with van der Waals surface area (Å²) >= 11 is 3.25. The molecule has 1 aromatic heterocycles. The van der Waals surface area contributed by atoms with E-state index in [1.165, 1.54) is 6.20 Å². The summed E-state index contributed by atoms with van der Waals surface area (Å²) in [5.41, 5.74) is 0.491. The number of nitrogens with zero attached hydrogens (tertiary/aromatic N) is 2. The number of nitrogens with one attached hydrogen (secondary N) is 1. The maximum atomic E-state index is 11.8. The molecular formula is C11H12BrN3O. The smallest absolute Gasteiger partial charge is 0.253 e. The fourth-order valence-corrected chi connectivity index (χ4v) is 1.58. The van der Waals surface area contributed by atoms with Crippen molar-refractivity contribution in [2.24, 2.45) is 0 Å². The Balaban J connectivity index is 2.68. The van der Waals surface area contributed by atoms with Gasteiger partial charge in [-0.05, 0) is 28.4 Å². The summed E-state index contributed by atoms with van der Waals surface area (Å²) in [4.78, 5) is 15.7. The van der Waals surface area contributed by atoms with Crippen LogP contribution in [0.15, 0.2) is 22.9 Å². The van der Waals surface area contributed by atoms with Crippen LogP contribution in [-0.2, 0) is 0 Å². The molecule has 1 unspecified atom stereocenters. The lowest BCUT2D eigenvalue weighted by molar-refractivity contribution is 0.0936. The first-order valence-corrected chi connectivity index (χ1v) is 5.75. The molecule has 0 aliphatic carbocycles. The van der Waals surface area contributed by atoms with Crippen molar-refractivity contribution in [1.29, 1.82) is 5.26 Å². The Kier molecular flexibility index (Phi) is 4.93. The largest absolute Gasteiger partial charge is 0.348 e. The number of pyridine rings is 1. The predicted octanol–water partition coefficient (Wildman–Crippen LogP) is 2.27. The van der Waals surface area contributed by atoms with Gasteiger partial charge in [-0.25, -0.2) is 0 Å². The molecule has 16 heavy (non-hydrogen) atoms. The van der Waals surface area contributed by atoms with E-state index in [4.69, 9.17) is 5.26 Å². The molecule has 0 radical (unpaired) electrons. The highest BCUT2D eigenvalue weighted by atomic mass is 79.9. The number of amides is 1. The monoisotopic (exact) mass is 281 g/mol. The molecule has 1 heterocycles. The van der Waals surface area contributed by atoms with Crippen molar-refractivity contribution in [2.45, 2.75) is 25.8 Å². The summed E-state index contributed by atoms with van der Waals surface area (Å²) in [6.07, 6.45) is 4.17. The van der Waals surface area contributed by atoms with Gasteiger partial charge in [0.2, 0.25) is 0 Å². The molecule has 0 fully saturated rings. The van der Waals surface area contributed by atoms with Gasteiger partial charge in [0.05, 0.1) is 18.1 Å². The molecule has 1 rings (SSSR count). The molecule has 0 aliphatic rings. The maximum absolute atomic E-state index is 11.8. The minimum Gasteiger partial charge on any atom is -0.348 e. The summed E-state index contributed by atoms with van der Waals surface area (Å²) in [6, 6.07) is 3.64. The second-order valence-electron chi connectivity index (χ2n) is 3.33. The van der Waals surface area contributed by atoms with Gasteiger partial charge in [0, 0.05) is 22.9 Å². The second kappa shape index (κ2) is 6.23. The van der Waals surface area contributed by atoms with Crippen LogP contribution in [0.4, 0.5) is 0 Å². The zero-order valence-electron chi connectivity index (χ0n) is 8.90. The van der Waals surface area contributed by atoms with Gasteiger partial charge in [-0.1, -0.05) is 6.92 Å². The third-order valence-corrected chi connectivity index (χ3v) is 2.57. The van der Waals surface area contributed by atoms with Crippen LogP contribution in [0.25, 0.3) is 0 Å². The lowest BCUT2D eigenvalue weighted by atomic mass is 10.1. The van der Waals surface area contributed by atoms with Crippen molar-refractivity contribution in [1.82, 2.24) is 10.3 Å². The summed E-state index contributed by atoms with van der Waals surface area (Å²) in [6.45, 7) is 1.93. The number of carbonyl (C=O) groups is 1.